The Morgan fingerprint density at radius 2 is 1.86 bits per heavy atom. The van der Waals surface area contributed by atoms with Crippen molar-refractivity contribution in [2.75, 3.05) is 30.1 Å². The van der Waals surface area contributed by atoms with Gasteiger partial charge in [-0.3, -0.25) is 24.2 Å². The largest absolute Gasteiger partial charge is 0.487 e. The van der Waals surface area contributed by atoms with Crippen LogP contribution in [0.4, 0.5) is 20.2 Å². The molecule has 0 saturated carbocycles. The molecule has 0 fully saturated rings. The molecule has 188 valence electrons. The molecule has 4 rings (SSSR count). The van der Waals surface area contributed by atoms with Gasteiger partial charge in [0.15, 0.2) is 0 Å². The van der Waals surface area contributed by atoms with Crippen LogP contribution >= 0.6 is 11.6 Å². The molecule has 11 heteroatoms. The third kappa shape index (κ3) is 5.09. The standard InChI is InChI=1S/C25H23ClF2N4O4/c1-15(33)31-14-32(23(34)11-29-2)21-9-16(3-6-20(21)31)12-30-8-7-22(24(26)25(30)35)36-13-17-4-5-18(27)10-19(17)28/h3-10,29H,11-14H2,1-2H3. The van der Waals surface area contributed by atoms with Crippen LogP contribution in [-0.2, 0) is 22.7 Å². The summed E-state index contributed by atoms with van der Waals surface area (Å²) in [5, 5.41) is 2.63. The number of rotatable bonds is 7. The maximum absolute atomic E-state index is 13.9. The van der Waals surface area contributed by atoms with Crippen LogP contribution in [0.3, 0.4) is 0 Å². The van der Waals surface area contributed by atoms with E-state index in [0.717, 1.165) is 12.1 Å². The molecule has 1 aliphatic rings. The van der Waals surface area contributed by atoms with E-state index >= 15 is 0 Å². The van der Waals surface area contributed by atoms with E-state index in [1.54, 1.807) is 25.2 Å². The Hall–Kier alpha value is -3.76. The van der Waals surface area contributed by atoms with Crippen molar-refractivity contribution in [2.45, 2.75) is 20.1 Å². The van der Waals surface area contributed by atoms with Gasteiger partial charge in [0.05, 0.1) is 24.5 Å². The summed E-state index contributed by atoms with van der Waals surface area (Å²) >= 11 is 6.23. The minimum atomic E-state index is -0.762. The Balaban J connectivity index is 1.56. The number of fused-ring (bicyclic) bond motifs is 1. The molecule has 0 aliphatic carbocycles. The summed E-state index contributed by atoms with van der Waals surface area (Å²) in [5.74, 6) is -1.79. The fraction of sp³-hybridized carbons (Fsp3) is 0.240. The maximum Gasteiger partial charge on any atom is 0.273 e. The number of aromatic nitrogens is 1. The minimum Gasteiger partial charge on any atom is -0.487 e. The number of hydrogen-bond donors (Lipinski definition) is 1. The minimum absolute atomic E-state index is 0.0662. The summed E-state index contributed by atoms with van der Waals surface area (Å²) in [5.41, 5.74) is 1.48. The second-order valence-corrected chi connectivity index (χ2v) is 8.59. The Morgan fingerprint density at radius 1 is 1.08 bits per heavy atom. The summed E-state index contributed by atoms with van der Waals surface area (Å²) < 4.78 is 33.8. The number of ether oxygens (including phenoxy) is 1. The van der Waals surface area contributed by atoms with Gasteiger partial charge < -0.3 is 14.6 Å². The van der Waals surface area contributed by atoms with E-state index in [-0.39, 0.29) is 54.5 Å². The Labute approximate surface area is 210 Å². The molecule has 1 aliphatic heterocycles. The van der Waals surface area contributed by atoms with Gasteiger partial charge in [-0.15, -0.1) is 0 Å². The molecule has 0 saturated heterocycles. The summed E-state index contributed by atoms with van der Waals surface area (Å²) in [6, 6.07) is 9.86. The highest BCUT2D eigenvalue weighted by atomic mass is 35.5. The number of likely N-dealkylation sites (N-methyl/N-ethyl adjacent to an activating group) is 1. The monoisotopic (exact) mass is 516 g/mol. The first-order valence-electron chi connectivity index (χ1n) is 11.0. The second-order valence-electron chi connectivity index (χ2n) is 8.22. The van der Waals surface area contributed by atoms with Crippen molar-refractivity contribution in [1.82, 2.24) is 9.88 Å². The number of anilines is 2. The number of nitrogens with one attached hydrogen (secondary N) is 1. The first-order valence-corrected chi connectivity index (χ1v) is 11.4. The van der Waals surface area contributed by atoms with Gasteiger partial charge in [0.2, 0.25) is 11.8 Å². The lowest BCUT2D eigenvalue weighted by molar-refractivity contribution is -0.117. The second kappa shape index (κ2) is 10.5. The summed E-state index contributed by atoms with van der Waals surface area (Å²) in [7, 11) is 1.66. The smallest absolute Gasteiger partial charge is 0.273 e. The number of carbonyl (C=O) groups is 2. The predicted molar refractivity (Wildman–Crippen MR) is 131 cm³/mol. The van der Waals surface area contributed by atoms with Crippen molar-refractivity contribution < 1.29 is 23.1 Å². The third-order valence-electron chi connectivity index (χ3n) is 5.74. The highest BCUT2D eigenvalue weighted by Crippen LogP contribution is 2.37. The molecule has 0 atom stereocenters. The molecule has 2 amide bonds. The number of hydrogen-bond acceptors (Lipinski definition) is 5. The topological polar surface area (TPSA) is 83.9 Å². The maximum atomic E-state index is 13.9. The van der Waals surface area contributed by atoms with E-state index in [9.17, 15) is 23.2 Å². The number of carbonyl (C=O) groups excluding carboxylic acids is 2. The van der Waals surface area contributed by atoms with Crippen LogP contribution in [0.25, 0.3) is 0 Å². The quantitative estimate of drug-likeness (QED) is 0.521. The normalized spacial score (nSPS) is 12.6. The van der Waals surface area contributed by atoms with Crippen molar-refractivity contribution in [3.8, 4) is 5.75 Å². The van der Waals surface area contributed by atoms with Gasteiger partial charge in [-0.05, 0) is 42.9 Å². The molecule has 8 nitrogen and oxygen atoms in total. The van der Waals surface area contributed by atoms with Crippen LogP contribution in [-0.4, -0.2) is 36.6 Å². The Morgan fingerprint density at radius 3 is 2.56 bits per heavy atom. The van der Waals surface area contributed by atoms with Crippen molar-refractivity contribution in [3.05, 3.63) is 86.8 Å². The number of halogens is 3. The predicted octanol–water partition coefficient (Wildman–Crippen LogP) is 3.28. The lowest BCUT2D eigenvalue weighted by Gasteiger charge is -2.18. The molecule has 1 N–H and O–H groups in total. The molecular formula is C25H23ClF2N4O4. The van der Waals surface area contributed by atoms with Gasteiger partial charge in [0, 0.05) is 24.8 Å². The fourth-order valence-corrected chi connectivity index (χ4v) is 4.12. The molecular weight excluding hydrogens is 494 g/mol. The average Bonchev–Trinajstić information content (AvgIpc) is 3.22. The fourth-order valence-electron chi connectivity index (χ4n) is 3.89. The molecule has 1 aromatic heterocycles. The van der Waals surface area contributed by atoms with Gasteiger partial charge in [-0.1, -0.05) is 17.7 Å². The number of amides is 2. The van der Waals surface area contributed by atoms with Gasteiger partial charge in [0.1, 0.15) is 35.7 Å². The van der Waals surface area contributed by atoms with E-state index in [0.29, 0.717) is 16.9 Å². The zero-order valence-corrected chi connectivity index (χ0v) is 20.3. The summed E-state index contributed by atoms with van der Waals surface area (Å²) in [6.45, 7) is 1.56. The molecule has 2 heterocycles. The SMILES string of the molecule is CNCC(=O)N1CN(C(C)=O)c2ccc(Cn3ccc(OCc4ccc(F)cc4F)c(Cl)c3=O)cc21. The van der Waals surface area contributed by atoms with Crippen LogP contribution in [0.5, 0.6) is 5.75 Å². The van der Waals surface area contributed by atoms with Crippen LogP contribution in [0.2, 0.25) is 5.02 Å². The first-order chi connectivity index (χ1) is 17.2. The molecule has 3 aromatic rings. The summed E-state index contributed by atoms with van der Waals surface area (Å²) in [4.78, 5) is 40.5. The zero-order chi connectivity index (χ0) is 26.0. The van der Waals surface area contributed by atoms with Crippen molar-refractivity contribution in [2.24, 2.45) is 0 Å². The average molecular weight is 517 g/mol. The van der Waals surface area contributed by atoms with Crippen LogP contribution in [0, 0.1) is 11.6 Å². The molecule has 0 unspecified atom stereocenters. The molecule has 0 radical (unpaired) electrons. The molecule has 0 bridgehead atoms. The van der Waals surface area contributed by atoms with Gasteiger partial charge >= 0.3 is 0 Å². The number of nitrogens with zero attached hydrogens (tertiary/aromatic N) is 3. The molecule has 2 aromatic carbocycles. The third-order valence-corrected chi connectivity index (χ3v) is 6.08. The van der Waals surface area contributed by atoms with E-state index in [1.807, 2.05) is 0 Å². The van der Waals surface area contributed by atoms with Crippen LogP contribution < -0.4 is 25.4 Å². The van der Waals surface area contributed by atoms with Gasteiger partial charge in [-0.25, -0.2) is 8.78 Å². The van der Waals surface area contributed by atoms with Crippen molar-refractivity contribution >= 4 is 34.8 Å². The lowest BCUT2D eigenvalue weighted by atomic mass is 10.1. The highest BCUT2D eigenvalue weighted by molar-refractivity contribution is 6.31. The molecule has 36 heavy (non-hydrogen) atoms. The lowest BCUT2D eigenvalue weighted by Crippen LogP contribution is -2.41. The Bertz CT molecular complexity index is 1390. The van der Waals surface area contributed by atoms with Crippen LogP contribution in [0.1, 0.15) is 18.1 Å². The van der Waals surface area contributed by atoms with E-state index in [2.05, 4.69) is 5.32 Å². The zero-order valence-electron chi connectivity index (χ0n) is 19.6. The van der Waals surface area contributed by atoms with E-state index in [4.69, 9.17) is 16.3 Å². The Kier molecular flexibility index (Phi) is 7.37. The number of pyridine rings is 1. The first kappa shape index (κ1) is 25.3. The molecule has 0 spiro atoms. The van der Waals surface area contributed by atoms with Crippen LogP contribution in [0.15, 0.2) is 53.5 Å². The van der Waals surface area contributed by atoms with Gasteiger partial charge in [0.25, 0.3) is 5.56 Å². The van der Waals surface area contributed by atoms with Crippen molar-refractivity contribution in [1.29, 1.82) is 0 Å². The van der Waals surface area contributed by atoms with E-state index in [1.165, 1.54) is 39.6 Å². The van der Waals surface area contributed by atoms with Gasteiger partial charge in [-0.2, -0.15) is 0 Å². The highest BCUT2D eigenvalue weighted by Gasteiger charge is 2.32. The van der Waals surface area contributed by atoms with E-state index < -0.39 is 17.2 Å². The van der Waals surface area contributed by atoms with Crippen molar-refractivity contribution in [3.63, 3.8) is 0 Å². The number of benzene rings is 2. The summed E-state index contributed by atoms with van der Waals surface area (Å²) in [6.07, 6.45) is 1.49.